The summed E-state index contributed by atoms with van der Waals surface area (Å²) in [5.74, 6) is 0.424. The minimum atomic E-state index is -0.424. The predicted molar refractivity (Wildman–Crippen MR) is 104 cm³/mol. The number of aryl methyl sites for hydroxylation is 2. The second kappa shape index (κ2) is 6.65. The van der Waals surface area contributed by atoms with Gasteiger partial charge in [-0.1, -0.05) is 11.8 Å². The molecule has 1 amide bonds. The summed E-state index contributed by atoms with van der Waals surface area (Å²) in [5.41, 5.74) is 8.09. The fourth-order valence-electron chi connectivity index (χ4n) is 3.17. The summed E-state index contributed by atoms with van der Waals surface area (Å²) < 4.78 is 0. The van der Waals surface area contributed by atoms with Crippen LogP contribution >= 0.6 is 23.1 Å². The lowest BCUT2D eigenvalue weighted by Gasteiger charge is -2.13. The molecule has 0 aliphatic heterocycles. The average molecular weight is 371 g/mol. The molecule has 1 aromatic carbocycles. The fraction of sp³-hybridized carbons (Fsp3) is 0.278. The normalized spacial score (nSPS) is 13.6. The van der Waals surface area contributed by atoms with Crippen molar-refractivity contribution in [2.45, 2.75) is 30.8 Å². The molecule has 128 valence electrons. The highest BCUT2D eigenvalue weighted by molar-refractivity contribution is 7.98. The van der Waals surface area contributed by atoms with Crippen LogP contribution in [0, 0.1) is 0 Å². The van der Waals surface area contributed by atoms with Gasteiger partial charge in [-0.2, -0.15) is 0 Å². The van der Waals surface area contributed by atoms with Crippen molar-refractivity contribution in [3.8, 4) is 0 Å². The van der Waals surface area contributed by atoms with Crippen LogP contribution < -0.4 is 11.1 Å². The minimum absolute atomic E-state index is 0.424. The zero-order valence-corrected chi connectivity index (χ0v) is 15.5. The van der Waals surface area contributed by atoms with E-state index in [0.717, 1.165) is 39.7 Å². The Balaban J connectivity index is 1.79. The molecule has 1 aliphatic carbocycles. The molecule has 5 nitrogen and oxygen atoms in total. The molecule has 4 rings (SSSR count). The van der Waals surface area contributed by atoms with Gasteiger partial charge in [0.05, 0.1) is 5.39 Å². The van der Waals surface area contributed by atoms with Gasteiger partial charge in [0, 0.05) is 16.1 Å². The van der Waals surface area contributed by atoms with E-state index in [1.54, 1.807) is 35.2 Å². The highest BCUT2D eigenvalue weighted by Crippen LogP contribution is 2.40. The standard InChI is InChI=1S/C18H18N4OS2/c1-24-18-21-16(20-11-8-6-10(7-9-11)15(19)23)14-12-4-2-3-5-13(12)25-17(14)22-18/h6-9H,2-5H2,1H3,(H2,19,23)(H,20,21,22). The Morgan fingerprint density at radius 1 is 1.20 bits per heavy atom. The van der Waals surface area contributed by atoms with E-state index in [-0.39, 0.29) is 0 Å². The lowest BCUT2D eigenvalue weighted by Crippen LogP contribution is -2.10. The number of thioether (sulfide) groups is 1. The predicted octanol–water partition coefficient (Wildman–Crippen LogP) is 4.13. The lowest BCUT2D eigenvalue weighted by molar-refractivity contribution is 0.100. The highest BCUT2D eigenvalue weighted by atomic mass is 32.2. The third-order valence-corrected chi connectivity index (χ3v) is 6.14. The molecule has 0 unspecified atom stereocenters. The number of amides is 1. The summed E-state index contributed by atoms with van der Waals surface area (Å²) in [6, 6.07) is 7.15. The van der Waals surface area contributed by atoms with Gasteiger partial charge in [-0.25, -0.2) is 9.97 Å². The first-order chi connectivity index (χ1) is 12.2. The molecule has 0 radical (unpaired) electrons. The van der Waals surface area contributed by atoms with Crippen LogP contribution in [0.2, 0.25) is 0 Å². The SMILES string of the molecule is CSc1nc(Nc2ccc(C(N)=O)cc2)c2c3c(sc2n1)CCCC3. The van der Waals surface area contributed by atoms with E-state index in [4.69, 9.17) is 15.7 Å². The molecule has 0 saturated heterocycles. The van der Waals surface area contributed by atoms with Gasteiger partial charge in [0.2, 0.25) is 5.91 Å². The van der Waals surface area contributed by atoms with Crippen LogP contribution in [-0.2, 0) is 12.8 Å². The van der Waals surface area contributed by atoms with Crippen molar-refractivity contribution in [3.05, 3.63) is 40.3 Å². The molecule has 0 saturated carbocycles. The summed E-state index contributed by atoms with van der Waals surface area (Å²) in [6.07, 6.45) is 6.68. The Morgan fingerprint density at radius 3 is 2.68 bits per heavy atom. The molecule has 1 aliphatic rings. The van der Waals surface area contributed by atoms with Gasteiger partial charge in [-0.05, 0) is 61.8 Å². The topological polar surface area (TPSA) is 80.9 Å². The van der Waals surface area contributed by atoms with Gasteiger partial charge in [0.15, 0.2) is 5.16 Å². The smallest absolute Gasteiger partial charge is 0.248 e. The number of hydrogen-bond acceptors (Lipinski definition) is 6. The molecule has 2 heterocycles. The van der Waals surface area contributed by atoms with Crippen LogP contribution in [0.4, 0.5) is 11.5 Å². The van der Waals surface area contributed by atoms with E-state index in [9.17, 15) is 4.79 Å². The average Bonchev–Trinajstić information content (AvgIpc) is 3.00. The number of hydrogen-bond donors (Lipinski definition) is 2. The number of nitrogens with zero attached hydrogens (tertiary/aromatic N) is 2. The largest absolute Gasteiger partial charge is 0.366 e. The van der Waals surface area contributed by atoms with E-state index in [2.05, 4.69) is 5.32 Å². The van der Waals surface area contributed by atoms with E-state index in [1.807, 2.05) is 18.4 Å². The van der Waals surface area contributed by atoms with E-state index in [1.165, 1.54) is 23.3 Å². The summed E-state index contributed by atoms with van der Waals surface area (Å²) in [6.45, 7) is 0. The number of fused-ring (bicyclic) bond motifs is 3. The molecular formula is C18H18N4OS2. The lowest BCUT2D eigenvalue weighted by atomic mass is 9.97. The maximum Gasteiger partial charge on any atom is 0.248 e. The number of benzene rings is 1. The van der Waals surface area contributed by atoms with Crippen LogP contribution in [0.1, 0.15) is 33.6 Å². The first-order valence-electron chi connectivity index (χ1n) is 8.19. The zero-order valence-electron chi connectivity index (χ0n) is 13.8. The number of nitrogens with two attached hydrogens (primary N) is 1. The van der Waals surface area contributed by atoms with E-state index >= 15 is 0 Å². The van der Waals surface area contributed by atoms with Crippen LogP contribution in [-0.4, -0.2) is 22.1 Å². The number of thiophene rings is 1. The highest BCUT2D eigenvalue weighted by Gasteiger charge is 2.21. The summed E-state index contributed by atoms with van der Waals surface area (Å²) >= 11 is 3.34. The maximum absolute atomic E-state index is 11.2. The van der Waals surface area contributed by atoms with Crippen molar-refractivity contribution in [1.29, 1.82) is 0 Å². The van der Waals surface area contributed by atoms with Gasteiger partial charge in [0.25, 0.3) is 0 Å². The number of anilines is 2. The summed E-state index contributed by atoms with van der Waals surface area (Å²) in [5, 5.41) is 5.33. The van der Waals surface area contributed by atoms with Crippen molar-refractivity contribution in [1.82, 2.24) is 9.97 Å². The second-order valence-corrected chi connectivity index (χ2v) is 7.87. The van der Waals surface area contributed by atoms with Gasteiger partial charge in [0.1, 0.15) is 10.6 Å². The third kappa shape index (κ3) is 3.09. The number of carbonyl (C=O) groups is 1. The second-order valence-electron chi connectivity index (χ2n) is 6.02. The molecule has 7 heteroatoms. The van der Waals surface area contributed by atoms with Crippen molar-refractivity contribution in [3.63, 3.8) is 0 Å². The van der Waals surface area contributed by atoms with Crippen molar-refractivity contribution >= 4 is 50.7 Å². The number of carbonyl (C=O) groups excluding carboxylic acids is 1. The Bertz CT molecular complexity index is 950. The molecule has 0 spiro atoms. The number of primary amides is 1. The van der Waals surface area contributed by atoms with Gasteiger partial charge >= 0.3 is 0 Å². The first-order valence-corrected chi connectivity index (χ1v) is 10.2. The first kappa shape index (κ1) is 16.4. The minimum Gasteiger partial charge on any atom is -0.366 e. The zero-order chi connectivity index (χ0) is 17.4. The quantitative estimate of drug-likeness (QED) is 0.533. The molecule has 2 aromatic heterocycles. The molecule has 0 fully saturated rings. The van der Waals surface area contributed by atoms with Crippen LogP contribution in [0.5, 0.6) is 0 Å². The number of nitrogens with one attached hydrogen (secondary N) is 1. The van der Waals surface area contributed by atoms with Crippen LogP contribution in [0.25, 0.3) is 10.2 Å². The fourth-order valence-corrected chi connectivity index (χ4v) is 4.86. The number of rotatable bonds is 4. The summed E-state index contributed by atoms with van der Waals surface area (Å²) in [4.78, 5) is 23.2. The Morgan fingerprint density at radius 2 is 1.96 bits per heavy atom. The summed E-state index contributed by atoms with van der Waals surface area (Å²) in [7, 11) is 0. The van der Waals surface area contributed by atoms with Gasteiger partial charge in [-0.15, -0.1) is 11.3 Å². The molecule has 3 aromatic rings. The van der Waals surface area contributed by atoms with Crippen molar-refractivity contribution in [2.24, 2.45) is 5.73 Å². The monoisotopic (exact) mass is 370 g/mol. The Kier molecular flexibility index (Phi) is 4.35. The molecular weight excluding hydrogens is 352 g/mol. The maximum atomic E-state index is 11.2. The van der Waals surface area contributed by atoms with E-state index in [0.29, 0.717) is 5.56 Å². The van der Waals surface area contributed by atoms with Crippen molar-refractivity contribution < 1.29 is 4.79 Å². The Hall–Kier alpha value is -2.12. The van der Waals surface area contributed by atoms with Crippen LogP contribution in [0.15, 0.2) is 29.4 Å². The number of aromatic nitrogens is 2. The van der Waals surface area contributed by atoms with E-state index < -0.39 is 5.91 Å². The third-order valence-electron chi connectivity index (χ3n) is 4.41. The molecule has 3 N–H and O–H groups in total. The molecule has 0 bridgehead atoms. The van der Waals surface area contributed by atoms with Gasteiger partial charge < -0.3 is 11.1 Å². The molecule has 25 heavy (non-hydrogen) atoms. The van der Waals surface area contributed by atoms with Gasteiger partial charge in [-0.3, -0.25) is 4.79 Å². The van der Waals surface area contributed by atoms with Crippen LogP contribution in [0.3, 0.4) is 0 Å². The molecule has 0 atom stereocenters. The Labute approximate surface area is 154 Å². The van der Waals surface area contributed by atoms with Crippen molar-refractivity contribution in [2.75, 3.05) is 11.6 Å².